The number of carbonyl (C=O) groups is 3. The predicted octanol–water partition coefficient (Wildman–Crippen LogP) is 5.87. The largest absolute Gasteiger partial charge is 0.493 e. The molecule has 0 atom stereocenters. The zero-order valence-corrected chi connectivity index (χ0v) is 21.3. The van der Waals surface area contributed by atoms with Gasteiger partial charge >= 0.3 is 17.9 Å². The summed E-state index contributed by atoms with van der Waals surface area (Å²) in [4.78, 5) is 34.9. The molecule has 196 valence electrons. The standard InChI is InChI=1S/C31H30O7/c1-4-29(32)36-21-5-20-35-26-13-6-23(7-14-26)8-19-30(33)37-27-15-9-24(10-16-27)25-11-17-28(18-12-25)38-31(34)22(2)3/h4,6-7,9-18H,1-2,5,8,19-21H2,3H3. The Balaban J connectivity index is 1.41. The minimum atomic E-state index is -0.465. The normalized spacial score (nSPS) is 10.2. The van der Waals surface area contributed by atoms with Crippen LogP contribution in [-0.2, 0) is 25.5 Å². The molecule has 0 aliphatic rings. The van der Waals surface area contributed by atoms with E-state index in [4.69, 9.17) is 18.9 Å². The summed E-state index contributed by atoms with van der Waals surface area (Å²) in [6, 6.07) is 21.8. The number of benzene rings is 3. The van der Waals surface area contributed by atoms with Gasteiger partial charge in [-0.2, -0.15) is 0 Å². The van der Waals surface area contributed by atoms with Crippen LogP contribution in [0.3, 0.4) is 0 Å². The third-order valence-corrected chi connectivity index (χ3v) is 5.34. The van der Waals surface area contributed by atoms with Gasteiger partial charge in [0, 0.05) is 24.5 Å². The van der Waals surface area contributed by atoms with Gasteiger partial charge in [-0.05, 0) is 66.4 Å². The molecule has 3 aromatic rings. The molecule has 0 saturated carbocycles. The molecule has 0 N–H and O–H groups in total. The zero-order valence-electron chi connectivity index (χ0n) is 21.3. The molecule has 0 saturated heterocycles. The summed E-state index contributed by atoms with van der Waals surface area (Å²) in [7, 11) is 0. The molecule has 7 heteroatoms. The van der Waals surface area contributed by atoms with Crippen LogP contribution in [0.15, 0.2) is 97.6 Å². The summed E-state index contributed by atoms with van der Waals surface area (Å²) in [6.45, 7) is 9.20. The molecular formula is C31H30O7. The van der Waals surface area contributed by atoms with Crippen molar-refractivity contribution in [2.24, 2.45) is 0 Å². The van der Waals surface area contributed by atoms with Crippen molar-refractivity contribution in [2.75, 3.05) is 13.2 Å². The highest BCUT2D eigenvalue weighted by Gasteiger charge is 2.08. The van der Waals surface area contributed by atoms with E-state index in [0.717, 1.165) is 22.8 Å². The van der Waals surface area contributed by atoms with Crippen LogP contribution >= 0.6 is 0 Å². The van der Waals surface area contributed by atoms with Gasteiger partial charge in [0.25, 0.3) is 0 Å². The van der Waals surface area contributed by atoms with Gasteiger partial charge in [0.05, 0.1) is 13.2 Å². The Morgan fingerprint density at radius 3 is 1.87 bits per heavy atom. The Morgan fingerprint density at radius 2 is 1.32 bits per heavy atom. The topological polar surface area (TPSA) is 88.1 Å². The van der Waals surface area contributed by atoms with Crippen LogP contribution in [0.4, 0.5) is 0 Å². The maximum Gasteiger partial charge on any atom is 0.338 e. The summed E-state index contributed by atoms with van der Waals surface area (Å²) in [5, 5.41) is 0. The van der Waals surface area contributed by atoms with Gasteiger partial charge in [-0.1, -0.05) is 49.6 Å². The number of ether oxygens (including phenoxy) is 4. The molecule has 0 aliphatic heterocycles. The monoisotopic (exact) mass is 514 g/mol. The lowest BCUT2D eigenvalue weighted by Crippen LogP contribution is -2.09. The highest BCUT2D eigenvalue weighted by atomic mass is 16.5. The van der Waals surface area contributed by atoms with Crippen molar-refractivity contribution in [3.8, 4) is 28.4 Å². The Morgan fingerprint density at radius 1 is 0.763 bits per heavy atom. The van der Waals surface area contributed by atoms with E-state index in [1.54, 1.807) is 31.2 Å². The lowest BCUT2D eigenvalue weighted by molar-refractivity contribution is -0.138. The lowest BCUT2D eigenvalue weighted by atomic mass is 10.1. The van der Waals surface area contributed by atoms with Gasteiger partial charge in [0.2, 0.25) is 0 Å². The fourth-order valence-corrected chi connectivity index (χ4v) is 3.29. The average molecular weight is 515 g/mol. The quantitative estimate of drug-likeness (QED) is 0.122. The molecule has 0 fully saturated rings. The summed E-state index contributed by atoms with van der Waals surface area (Å²) >= 11 is 0. The molecule has 38 heavy (non-hydrogen) atoms. The van der Waals surface area contributed by atoms with Gasteiger partial charge in [-0.25, -0.2) is 9.59 Å². The lowest BCUT2D eigenvalue weighted by Gasteiger charge is -2.08. The summed E-state index contributed by atoms with van der Waals surface area (Å²) < 4.78 is 21.2. The number of hydrogen-bond acceptors (Lipinski definition) is 7. The fraction of sp³-hybridized carbons (Fsp3) is 0.194. The first-order valence-corrected chi connectivity index (χ1v) is 12.1. The molecule has 0 radical (unpaired) electrons. The van der Waals surface area contributed by atoms with Crippen molar-refractivity contribution in [1.29, 1.82) is 0 Å². The second kappa shape index (κ2) is 14.2. The first kappa shape index (κ1) is 27.9. The molecule has 0 unspecified atom stereocenters. The maximum absolute atomic E-state index is 12.3. The van der Waals surface area contributed by atoms with Gasteiger partial charge in [-0.3, -0.25) is 4.79 Å². The van der Waals surface area contributed by atoms with Crippen molar-refractivity contribution < 1.29 is 33.3 Å². The number of carbonyl (C=O) groups excluding carboxylic acids is 3. The Hall–Kier alpha value is -4.65. The average Bonchev–Trinajstić information content (AvgIpc) is 2.93. The highest BCUT2D eigenvalue weighted by Crippen LogP contribution is 2.25. The molecule has 3 aromatic carbocycles. The van der Waals surface area contributed by atoms with E-state index in [9.17, 15) is 14.4 Å². The molecule has 0 aliphatic carbocycles. The summed E-state index contributed by atoms with van der Waals surface area (Å²) in [5.41, 5.74) is 3.19. The summed E-state index contributed by atoms with van der Waals surface area (Å²) in [6.07, 6.45) is 2.48. The van der Waals surface area contributed by atoms with Crippen molar-refractivity contribution in [2.45, 2.75) is 26.2 Å². The van der Waals surface area contributed by atoms with Gasteiger partial charge in [0.1, 0.15) is 17.2 Å². The molecule has 7 nitrogen and oxygen atoms in total. The van der Waals surface area contributed by atoms with Gasteiger partial charge < -0.3 is 18.9 Å². The van der Waals surface area contributed by atoms with E-state index >= 15 is 0 Å². The van der Waals surface area contributed by atoms with Gasteiger partial charge in [0.15, 0.2) is 0 Å². The van der Waals surface area contributed by atoms with Crippen molar-refractivity contribution in [3.63, 3.8) is 0 Å². The molecule has 0 spiro atoms. The van der Waals surface area contributed by atoms with E-state index in [2.05, 4.69) is 13.2 Å². The molecule has 0 bridgehead atoms. The van der Waals surface area contributed by atoms with Crippen LogP contribution in [0.2, 0.25) is 0 Å². The second-order valence-electron chi connectivity index (χ2n) is 8.41. The summed E-state index contributed by atoms with van der Waals surface area (Å²) in [5.74, 6) is 0.376. The number of aryl methyl sites for hydroxylation is 1. The Labute approximate surface area is 222 Å². The minimum absolute atomic E-state index is 0.237. The number of rotatable bonds is 13. The van der Waals surface area contributed by atoms with Crippen LogP contribution < -0.4 is 14.2 Å². The molecular weight excluding hydrogens is 484 g/mol. The zero-order chi connectivity index (χ0) is 27.3. The highest BCUT2D eigenvalue weighted by molar-refractivity contribution is 5.88. The van der Waals surface area contributed by atoms with Crippen molar-refractivity contribution in [3.05, 3.63) is 103 Å². The maximum atomic E-state index is 12.3. The third-order valence-electron chi connectivity index (χ3n) is 5.34. The van der Waals surface area contributed by atoms with Crippen molar-refractivity contribution in [1.82, 2.24) is 0 Å². The first-order valence-electron chi connectivity index (χ1n) is 12.1. The molecule has 0 heterocycles. The minimum Gasteiger partial charge on any atom is -0.493 e. The Bertz CT molecular complexity index is 1260. The van der Waals surface area contributed by atoms with Crippen LogP contribution in [-0.4, -0.2) is 31.1 Å². The smallest absolute Gasteiger partial charge is 0.338 e. The van der Waals surface area contributed by atoms with E-state index in [-0.39, 0.29) is 19.0 Å². The predicted molar refractivity (Wildman–Crippen MR) is 144 cm³/mol. The van der Waals surface area contributed by atoms with E-state index in [1.807, 2.05) is 48.5 Å². The van der Waals surface area contributed by atoms with E-state index in [0.29, 0.717) is 42.3 Å². The van der Waals surface area contributed by atoms with Crippen LogP contribution in [0.5, 0.6) is 17.2 Å². The molecule has 0 aromatic heterocycles. The van der Waals surface area contributed by atoms with Crippen molar-refractivity contribution >= 4 is 17.9 Å². The van der Waals surface area contributed by atoms with Crippen LogP contribution in [0.1, 0.15) is 25.3 Å². The first-order chi connectivity index (χ1) is 18.3. The van der Waals surface area contributed by atoms with Gasteiger partial charge in [-0.15, -0.1) is 0 Å². The fourth-order valence-electron chi connectivity index (χ4n) is 3.29. The van der Waals surface area contributed by atoms with Crippen LogP contribution in [0.25, 0.3) is 11.1 Å². The number of esters is 3. The molecule has 0 amide bonds. The third kappa shape index (κ3) is 9.09. The van der Waals surface area contributed by atoms with E-state index in [1.165, 1.54) is 0 Å². The second-order valence-corrected chi connectivity index (χ2v) is 8.41. The molecule has 3 rings (SSSR count). The van der Waals surface area contributed by atoms with E-state index < -0.39 is 11.9 Å². The number of hydrogen-bond donors (Lipinski definition) is 0. The van der Waals surface area contributed by atoms with Crippen LogP contribution in [0, 0.1) is 0 Å². The Kier molecular flexibility index (Phi) is 10.4. The SMILES string of the molecule is C=CC(=O)OCCCOc1ccc(CCC(=O)Oc2ccc(-c3ccc(OC(=O)C(=C)C)cc3)cc2)cc1.